The number of thioether (sulfide) groups is 1. The Morgan fingerprint density at radius 1 is 1.10 bits per heavy atom. The topological polar surface area (TPSA) is 57.0 Å². The third-order valence-corrected chi connectivity index (χ3v) is 6.95. The number of benzene rings is 2. The highest BCUT2D eigenvalue weighted by Gasteiger charge is 2.23. The van der Waals surface area contributed by atoms with Crippen LogP contribution in [0.4, 0.5) is 4.39 Å². The lowest BCUT2D eigenvalue weighted by Gasteiger charge is -2.14. The second-order valence-electron chi connectivity index (χ2n) is 8.11. The first-order chi connectivity index (χ1) is 15.2. The molecule has 5 nitrogen and oxygen atoms in total. The summed E-state index contributed by atoms with van der Waals surface area (Å²) in [5.41, 5.74) is 4.22. The van der Waals surface area contributed by atoms with Crippen molar-refractivity contribution in [2.24, 2.45) is 0 Å². The van der Waals surface area contributed by atoms with Gasteiger partial charge in [0.1, 0.15) is 5.82 Å². The van der Waals surface area contributed by atoms with Crippen molar-refractivity contribution in [1.29, 1.82) is 0 Å². The number of Topliss-reactive ketones (excluding diaryl/α,β-unsaturated/α-hetero) is 1. The van der Waals surface area contributed by atoms with Crippen LogP contribution in [-0.4, -0.2) is 39.0 Å². The lowest BCUT2D eigenvalue weighted by atomic mass is 10.0. The predicted octanol–water partition coefficient (Wildman–Crippen LogP) is 4.73. The normalized spacial score (nSPS) is 17.8. The summed E-state index contributed by atoms with van der Waals surface area (Å²) in [5.74, 6) is 0.771. The van der Waals surface area contributed by atoms with Gasteiger partial charge in [0.2, 0.25) is 0 Å². The zero-order valence-corrected chi connectivity index (χ0v) is 18.0. The van der Waals surface area contributed by atoms with Crippen LogP contribution in [0.5, 0.6) is 0 Å². The van der Waals surface area contributed by atoms with Gasteiger partial charge in [-0.3, -0.25) is 9.36 Å². The van der Waals surface area contributed by atoms with E-state index in [1.807, 2.05) is 16.7 Å². The van der Waals surface area contributed by atoms with Gasteiger partial charge in [0.25, 0.3) is 0 Å². The summed E-state index contributed by atoms with van der Waals surface area (Å²) in [6, 6.07) is 12.3. The Labute approximate surface area is 185 Å². The summed E-state index contributed by atoms with van der Waals surface area (Å²) in [6.07, 6.45) is 5.45. The van der Waals surface area contributed by atoms with Crippen LogP contribution in [0.15, 0.2) is 47.6 Å². The molecule has 3 aromatic rings. The molecule has 0 bridgehead atoms. The molecule has 0 spiro atoms. The van der Waals surface area contributed by atoms with Crippen LogP contribution in [0.1, 0.15) is 40.7 Å². The van der Waals surface area contributed by atoms with Gasteiger partial charge >= 0.3 is 0 Å². The molecule has 1 aliphatic heterocycles. The fourth-order valence-corrected chi connectivity index (χ4v) is 5.17. The average molecular weight is 438 g/mol. The van der Waals surface area contributed by atoms with E-state index in [-0.39, 0.29) is 17.7 Å². The number of nitrogens with zero attached hydrogens (tertiary/aromatic N) is 3. The van der Waals surface area contributed by atoms with Gasteiger partial charge in [0.05, 0.1) is 18.4 Å². The highest BCUT2D eigenvalue weighted by Crippen LogP contribution is 2.28. The zero-order chi connectivity index (χ0) is 21.2. The number of halogens is 1. The lowest BCUT2D eigenvalue weighted by Crippen LogP contribution is -2.17. The molecule has 0 amide bonds. The Bertz CT molecular complexity index is 1090. The van der Waals surface area contributed by atoms with Crippen molar-refractivity contribution in [2.45, 2.75) is 49.9 Å². The van der Waals surface area contributed by atoms with Crippen LogP contribution in [0, 0.1) is 5.82 Å². The Morgan fingerprint density at radius 3 is 2.74 bits per heavy atom. The fraction of sp³-hybridized carbons (Fsp3) is 0.375. The number of ether oxygens (including phenoxy) is 1. The Balaban J connectivity index is 1.36. The molecule has 0 unspecified atom stereocenters. The Kier molecular flexibility index (Phi) is 5.87. The third-order valence-electron chi connectivity index (χ3n) is 5.98. The summed E-state index contributed by atoms with van der Waals surface area (Å²) in [4.78, 5) is 12.8. The van der Waals surface area contributed by atoms with Crippen molar-refractivity contribution in [3.8, 4) is 11.4 Å². The van der Waals surface area contributed by atoms with Gasteiger partial charge in [0, 0.05) is 17.7 Å². The molecule has 7 heteroatoms. The fourth-order valence-electron chi connectivity index (χ4n) is 4.32. The molecular weight excluding hydrogens is 413 g/mol. The van der Waals surface area contributed by atoms with E-state index in [1.165, 1.54) is 41.4 Å². The molecule has 2 aliphatic rings. The first kappa shape index (κ1) is 20.4. The average Bonchev–Trinajstić information content (AvgIpc) is 3.54. The van der Waals surface area contributed by atoms with Crippen molar-refractivity contribution in [3.05, 3.63) is 65.0 Å². The number of aryl methyl sites for hydroxylation is 2. The quantitative estimate of drug-likeness (QED) is 0.395. The van der Waals surface area contributed by atoms with E-state index < -0.39 is 0 Å². The van der Waals surface area contributed by atoms with Crippen molar-refractivity contribution >= 4 is 17.5 Å². The minimum absolute atomic E-state index is 0.0923. The largest absolute Gasteiger partial charge is 0.376 e. The molecule has 1 atom stereocenters. The van der Waals surface area contributed by atoms with Gasteiger partial charge in [-0.15, -0.1) is 10.2 Å². The third kappa shape index (κ3) is 4.43. The van der Waals surface area contributed by atoms with Crippen molar-refractivity contribution in [1.82, 2.24) is 14.8 Å². The van der Waals surface area contributed by atoms with Gasteiger partial charge in [-0.25, -0.2) is 4.39 Å². The minimum Gasteiger partial charge on any atom is -0.376 e. The van der Waals surface area contributed by atoms with Crippen molar-refractivity contribution < 1.29 is 13.9 Å². The molecule has 160 valence electrons. The SMILES string of the molecule is O=C(CSc1nnc(-c2ccc(F)cc2)n1C[C@H]1CCCO1)c1ccc2c(c1)CCC2. The Hall–Kier alpha value is -2.51. The minimum atomic E-state index is -0.288. The Morgan fingerprint density at radius 2 is 1.94 bits per heavy atom. The molecule has 2 heterocycles. The smallest absolute Gasteiger partial charge is 0.192 e. The van der Waals surface area contributed by atoms with E-state index in [4.69, 9.17) is 4.74 Å². The van der Waals surface area contributed by atoms with Crippen LogP contribution in [-0.2, 0) is 24.1 Å². The summed E-state index contributed by atoms with van der Waals surface area (Å²) in [7, 11) is 0. The van der Waals surface area contributed by atoms with Crippen LogP contribution in [0.3, 0.4) is 0 Å². The molecule has 1 fully saturated rings. The molecule has 2 aromatic carbocycles. The van der Waals surface area contributed by atoms with E-state index in [0.29, 0.717) is 23.3 Å². The number of carbonyl (C=O) groups is 1. The standard InChI is InChI=1S/C24H24FN3O2S/c25-20-10-8-17(9-11-20)23-26-27-24(28(23)14-21-5-2-12-30-21)31-15-22(29)19-7-6-16-3-1-4-18(16)13-19/h6-11,13,21H,1-5,12,14-15H2/t21-/m1/s1. The maximum atomic E-state index is 13.4. The maximum absolute atomic E-state index is 13.4. The summed E-state index contributed by atoms with van der Waals surface area (Å²) < 4.78 is 21.2. The first-order valence-corrected chi connectivity index (χ1v) is 11.7. The second-order valence-corrected chi connectivity index (χ2v) is 9.05. The molecule has 1 aromatic heterocycles. The van der Waals surface area contributed by atoms with Crippen LogP contribution >= 0.6 is 11.8 Å². The number of hydrogen-bond acceptors (Lipinski definition) is 5. The zero-order valence-electron chi connectivity index (χ0n) is 17.2. The van der Waals surface area contributed by atoms with E-state index in [2.05, 4.69) is 16.3 Å². The molecular formula is C24H24FN3O2S. The number of rotatable bonds is 7. The van der Waals surface area contributed by atoms with E-state index >= 15 is 0 Å². The molecule has 0 N–H and O–H groups in total. The van der Waals surface area contributed by atoms with Crippen LogP contribution in [0.2, 0.25) is 0 Å². The number of aromatic nitrogens is 3. The van der Waals surface area contributed by atoms with E-state index in [0.717, 1.165) is 43.4 Å². The number of carbonyl (C=O) groups excluding carboxylic acids is 1. The highest BCUT2D eigenvalue weighted by atomic mass is 32.2. The van der Waals surface area contributed by atoms with Crippen LogP contribution in [0.25, 0.3) is 11.4 Å². The predicted molar refractivity (Wildman–Crippen MR) is 118 cm³/mol. The lowest BCUT2D eigenvalue weighted by molar-refractivity contribution is 0.0953. The summed E-state index contributed by atoms with van der Waals surface area (Å²) >= 11 is 1.40. The van der Waals surface area contributed by atoms with Crippen molar-refractivity contribution in [3.63, 3.8) is 0 Å². The van der Waals surface area contributed by atoms with Gasteiger partial charge in [-0.2, -0.15) is 0 Å². The molecule has 0 saturated carbocycles. The monoisotopic (exact) mass is 437 g/mol. The van der Waals surface area contributed by atoms with E-state index in [1.54, 1.807) is 12.1 Å². The molecule has 0 radical (unpaired) electrons. The first-order valence-electron chi connectivity index (χ1n) is 10.8. The molecule has 1 saturated heterocycles. The van der Waals surface area contributed by atoms with Crippen molar-refractivity contribution in [2.75, 3.05) is 12.4 Å². The summed E-state index contributed by atoms with van der Waals surface area (Å²) in [5, 5.41) is 9.40. The summed E-state index contributed by atoms with van der Waals surface area (Å²) in [6.45, 7) is 1.38. The molecule has 31 heavy (non-hydrogen) atoms. The van der Waals surface area contributed by atoms with Gasteiger partial charge in [-0.05, 0) is 73.6 Å². The second kappa shape index (κ2) is 8.93. The number of hydrogen-bond donors (Lipinski definition) is 0. The highest BCUT2D eigenvalue weighted by molar-refractivity contribution is 7.99. The van der Waals surface area contributed by atoms with Gasteiger partial charge < -0.3 is 4.74 Å². The maximum Gasteiger partial charge on any atom is 0.192 e. The molecule has 5 rings (SSSR count). The number of fused-ring (bicyclic) bond motifs is 1. The van der Waals surface area contributed by atoms with Gasteiger partial charge in [-0.1, -0.05) is 23.9 Å². The number of ketones is 1. The van der Waals surface area contributed by atoms with E-state index in [9.17, 15) is 9.18 Å². The van der Waals surface area contributed by atoms with Gasteiger partial charge in [0.15, 0.2) is 16.8 Å². The molecule has 1 aliphatic carbocycles. The van der Waals surface area contributed by atoms with Crippen LogP contribution < -0.4 is 0 Å².